The Labute approximate surface area is 161 Å². The Morgan fingerprint density at radius 2 is 2.14 bits per heavy atom. The molecule has 3 aromatic heterocycles. The number of nitrogens with one attached hydrogen (secondary N) is 1. The predicted octanol–water partition coefficient (Wildman–Crippen LogP) is 2.45. The van der Waals surface area contributed by atoms with E-state index in [9.17, 15) is 14.4 Å². The average Bonchev–Trinajstić information content (AvgIpc) is 3.04. The number of carbonyl (C=O) groups excluding carboxylic acids is 1. The number of nitriles is 1. The summed E-state index contributed by atoms with van der Waals surface area (Å²) < 4.78 is 15.8. The first kappa shape index (κ1) is 17.9. The second kappa shape index (κ2) is 7.27. The lowest BCUT2D eigenvalue weighted by molar-refractivity contribution is 0.0922. The zero-order valence-corrected chi connectivity index (χ0v) is 15.4. The smallest absolute Gasteiger partial charge is 0.274 e. The van der Waals surface area contributed by atoms with Gasteiger partial charge in [-0.15, -0.1) is 0 Å². The van der Waals surface area contributed by atoms with Crippen molar-refractivity contribution in [3.8, 4) is 6.07 Å². The number of rotatable bonds is 3. The molecule has 1 N–H and O–H groups in total. The number of aromatic nitrogens is 3. The van der Waals surface area contributed by atoms with E-state index in [-0.39, 0.29) is 11.7 Å². The monoisotopic (exact) mass is 378 g/mol. The lowest BCUT2D eigenvalue weighted by Crippen LogP contribution is -2.45. The molecule has 0 aliphatic carbocycles. The van der Waals surface area contributed by atoms with E-state index in [2.05, 4.69) is 21.4 Å². The maximum Gasteiger partial charge on any atom is 0.274 e. The van der Waals surface area contributed by atoms with E-state index in [1.807, 2.05) is 11.8 Å². The van der Waals surface area contributed by atoms with Crippen molar-refractivity contribution in [2.45, 2.75) is 25.8 Å². The molecule has 3 aromatic rings. The van der Waals surface area contributed by atoms with Gasteiger partial charge in [0.05, 0.1) is 5.56 Å². The lowest BCUT2D eigenvalue weighted by atomic mass is 10.0. The molecule has 1 aliphatic rings. The van der Waals surface area contributed by atoms with Crippen molar-refractivity contribution in [2.24, 2.45) is 0 Å². The molecule has 0 radical (unpaired) electrons. The molecule has 0 atom stereocenters. The third kappa shape index (κ3) is 3.27. The van der Waals surface area contributed by atoms with Crippen molar-refractivity contribution in [1.29, 1.82) is 5.26 Å². The van der Waals surface area contributed by atoms with Gasteiger partial charge in [-0.2, -0.15) is 9.65 Å². The van der Waals surface area contributed by atoms with Gasteiger partial charge >= 0.3 is 0 Å². The summed E-state index contributed by atoms with van der Waals surface area (Å²) >= 11 is 0. The Balaban J connectivity index is 1.43. The number of halogens is 1. The number of nitrogens with zero attached hydrogens (tertiary/aromatic N) is 5. The van der Waals surface area contributed by atoms with E-state index in [0.717, 1.165) is 5.56 Å². The van der Waals surface area contributed by atoms with Gasteiger partial charge in [-0.3, -0.25) is 9.20 Å². The first-order chi connectivity index (χ1) is 13.6. The van der Waals surface area contributed by atoms with E-state index in [1.165, 1.54) is 4.40 Å². The molecule has 28 heavy (non-hydrogen) atoms. The summed E-state index contributed by atoms with van der Waals surface area (Å²) in [6, 6.07) is 9.05. The van der Waals surface area contributed by atoms with Gasteiger partial charge in [0, 0.05) is 31.5 Å². The van der Waals surface area contributed by atoms with Crippen LogP contribution in [-0.4, -0.2) is 39.4 Å². The highest BCUT2D eigenvalue weighted by Gasteiger charge is 2.26. The molecule has 8 heteroatoms. The summed E-state index contributed by atoms with van der Waals surface area (Å²) in [4.78, 5) is 23.0. The largest absolute Gasteiger partial charge is 0.355 e. The van der Waals surface area contributed by atoms with Crippen molar-refractivity contribution in [2.75, 3.05) is 18.0 Å². The molecule has 1 amide bonds. The fourth-order valence-electron chi connectivity index (χ4n) is 3.49. The Kier molecular flexibility index (Phi) is 4.65. The lowest BCUT2D eigenvalue weighted by Gasteiger charge is -2.33. The SMILES string of the molecule is Cc1ccn2c(F)c(C(=O)NC3CCN(c4ncccc4C#N)CC3)nc2c1. The summed E-state index contributed by atoms with van der Waals surface area (Å²) in [5.74, 6) is -0.499. The highest BCUT2D eigenvalue weighted by Crippen LogP contribution is 2.21. The molecular weight excluding hydrogens is 359 g/mol. The average molecular weight is 378 g/mol. The van der Waals surface area contributed by atoms with Gasteiger partial charge in [0.25, 0.3) is 5.91 Å². The number of fused-ring (bicyclic) bond motifs is 1. The van der Waals surface area contributed by atoms with Crippen LogP contribution in [0.2, 0.25) is 0 Å². The molecule has 4 heterocycles. The third-order valence-electron chi connectivity index (χ3n) is 4.98. The molecule has 1 aliphatic heterocycles. The van der Waals surface area contributed by atoms with Crippen LogP contribution in [0.1, 0.15) is 34.5 Å². The van der Waals surface area contributed by atoms with Gasteiger partial charge in [-0.1, -0.05) is 0 Å². The number of piperidine rings is 1. The molecule has 7 nitrogen and oxygen atoms in total. The van der Waals surface area contributed by atoms with Crippen LogP contribution in [0.4, 0.5) is 10.2 Å². The summed E-state index contributed by atoms with van der Waals surface area (Å²) in [7, 11) is 0. The normalized spacial score (nSPS) is 14.8. The Bertz CT molecular complexity index is 1080. The standard InChI is InChI=1S/C20H19FN6O/c1-13-4-10-27-16(11-13)25-17(18(27)21)20(28)24-15-5-8-26(9-6-15)19-14(12-22)3-2-7-23-19/h2-4,7,10-11,15H,5-6,8-9H2,1H3,(H,24,28). The maximum atomic E-state index is 14.5. The van der Waals surface area contributed by atoms with Crippen LogP contribution in [0.15, 0.2) is 36.7 Å². The number of hydrogen-bond donors (Lipinski definition) is 1. The highest BCUT2D eigenvalue weighted by molar-refractivity contribution is 5.93. The Morgan fingerprint density at radius 1 is 1.36 bits per heavy atom. The van der Waals surface area contributed by atoms with Gasteiger partial charge in [-0.05, 0) is 49.6 Å². The third-order valence-corrected chi connectivity index (χ3v) is 4.98. The van der Waals surface area contributed by atoms with Gasteiger partial charge < -0.3 is 10.2 Å². The van der Waals surface area contributed by atoms with E-state index >= 15 is 0 Å². The number of pyridine rings is 2. The van der Waals surface area contributed by atoms with Crippen molar-refractivity contribution < 1.29 is 9.18 Å². The van der Waals surface area contributed by atoms with E-state index < -0.39 is 11.9 Å². The van der Waals surface area contributed by atoms with Crippen LogP contribution in [0.5, 0.6) is 0 Å². The van der Waals surface area contributed by atoms with E-state index in [4.69, 9.17) is 0 Å². The number of aryl methyl sites for hydroxylation is 1. The molecule has 1 fully saturated rings. The van der Waals surface area contributed by atoms with Gasteiger partial charge in [0.1, 0.15) is 17.5 Å². The molecule has 142 valence electrons. The second-order valence-corrected chi connectivity index (χ2v) is 6.90. The molecule has 1 saturated heterocycles. The van der Waals surface area contributed by atoms with Crippen molar-refractivity contribution >= 4 is 17.4 Å². The van der Waals surface area contributed by atoms with Gasteiger partial charge in [-0.25, -0.2) is 9.97 Å². The molecule has 0 bridgehead atoms. The summed E-state index contributed by atoms with van der Waals surface area (Å²) in [6.45, 7) is 3.20. The van der Waals surface area contributed by atoms with Crippen LogP contribution >= 0.6 is 0 Å². The first-order valence-electron chi connectivity index (χ1n) is 9.12. The second-order valence-electron chi connectivity index (χ2n) is 6.90. The minimum Gasteiger partial charge on any atom is -0.355 e. The predicted molar refractivity (Wildman–Crippen MR) is 102 cm³/mol. The molecular formula is C20H19FN6O. The first-order valence-corrected chi connectivity index (χ1v) is 9.12. The molecule has 4 rings (SSSR count). The zero-order valence-electron chi connectivity index (χ0n) is 15.4. The quantitative estimate of drug-likeness (QED) is 0.757. The van der Waals surface area contributed by atoms with Crippen molar-refractivity contribution in [3.05, 3.63) is 59.4 Å². The number of anilines is 1. The van der Waals surface area contributed by atoms with Crippen LogP contribution < -0.4 is 10.2 Å². The number of hydrogen-bond acceptors (Lipinski definition) is 5. The van der Waals surface area contributed by atoms with Crippen LogP contribution in [0, 0.1) is 24.2 Å². The van der Waals surface area contributed by atoms with Crippen LogP contribution in [-0.2, 0) is 0 Å². The number of carbonyl (C=O) groups is 1. The minimum atomic E-state index is -0.655. The maximum absolute atomic E-state index is 14.5. The highest BCUT2D eigenvalue weighted by atomic mass is 19.1. The van der Waals surface area contributed by atoms with Crippen LogP contribution in [0.25, 0.3) is 5.65 Å². The van der Waals surface area contributed by atoms with Gasteiger partial charge in [0.15, 0.2) is 5.69 Å². The van der Waals surface area contributed by atoms with Crippen LogP contribution in [0.3, 0.4) is 0 Å². The topological polar surface area (TPSA) is 86.3 Å². The number of imidazole rings is 1. The van der Waals surface area contributed by atoms with Crippen molar-refractivity contribution in [1.82, 2.24) is 19.7 Å². The van der Waals surface area contributed by atoms with E-state index in [1.54, 1.807) is 36.7 Å². The molecule has 0 spiro atoms. The Hall–Kier alpha value is -3.47. The number of amides is 1. The zero-order chi connectivity index (χ0) is 19.7. The Morgan fingerprint density at radius 3 is 2.89 bits per heavy atom. The summed E-state index contributed by atoms with van der Waals surface area (Å²) in [6.07, 6.45) is 4.60. The minimum absolute atomic E-state index is 0.0797. The van der Waals surface area contributed by atoms with E-state index in [0.29, 0.717) is 43.0 Å². The van der Waals surface area contributed by atoms with Gasteiger partial charge in [0.2, 0.25) is 5.95 Å². The summed E-state index contributed by atoms with van der Waals surface area (Å²) in [5, 5.41) is 12.1. The molecule has 0 unspecified atom stereocenters. The molecule has 0 saturated carbocycles. The fraction of sp³-hybridized carbons (Fsp3) is 0.300. The van der Waals surface area contributed by atoms with Crippen molar-refractivity contribution in [3.63, 3.8) is 0 Å². The summed E-state index contributed by atoms with van der Waals surface area (Å²) in [5.41, 5.74) is 1.70. The fourth-order valence-corrected chi connectivity index (χ4v) is 3.49. The molecule has 0 aromatic carbocycles.